The summed E-state index contributed by atoms with van der Waals surface area (Å²) in [6.07, 6.45) is 0.188. The lowest BCUT2D eigenvalue weighted by atomic mass is 10.1. The highest BCUT2D eigenvalue weighted by atomic mass is 16.7. The number of carbonyl (C=O) groups is 1. The lowest BCUT2D eigenvalue weighted by Gasteiger charge is -2.30. The number of furan rings is 1. The number of carboxylic acids is 1. The van der Waals surface area contributed by atoms with E-state index in [9.17, 15) is 20.1 Å². The first-order valence-corrected chi connectivity index (χ1v) is 6.96. The molecule has 0 spiro atoms. The summed E-state index contributed by atoms with van der Waals surface area (Å²) in [5.74, 6) is -1.44. The molecule has 0 fully saturated rings. The summed E-state index contributed by atoms with van der Waals surface area (Å²) in [7, 11) is 0. The van der Waals surface area contributed by atoms with Crippen LogP contribution < -0.4 is 4.74 Å². The number of hydrogen-bond acceptors (Lipinski definition) is 7. The summed E-state index contributed by atoms with van der Waals surface area (Å²) in [5.41, 5.74) is 0.900. The second kappa shape index (κ2) is 6.26. The van der Waals surface area contributed by atoms with Crippen molar-refractivity contribution in [3.63, 3.8) is 0 Å². The first-order chi connectivity index (χ1) is 11.5. The lowest BCUT2D eigenvalue weighted by Crippen LogP contribution is -2.45. The second-order valence-electron chi connectivity index (χ2n) is 5.09. The van der Waals surface area contributed by atoms with Crippen molar-refractivity contribution in [2.24, 2.45) is 0 Å². The Morgan fingerprint density at radius 1 is 1.25 bits per heavy atom. The van der Waals surface area contributed by atoms with Gasteiger partial charge in [0.2, 0.25) is 0 Å². The van der Waals surface area contributed by atoms with Crippen molar-refractivity contribution in [2.45, 2.75) is 18.5 Å². The molecule has 0 bridgehead atoms. The van der Waals surface area contributed by atoms with Gasteiger partial charge in [0.05, 0.1) is 11.6 Å². The van der Waals surface area contributed by atoms with Gasteiger partial charge in [-0.05, 0) is 24.3 Å². The van der Waals surface area contributed by atoms with Gasteiger partial charge in [-0.3, -0.25) is 0 Å². The first-order valence-electron chi connectivity index (χ1n) is 6.96. The number of ether oxygens (including phenoxy) is 2. The average Bonchev–Trinajstić information content (AvgIpc) is 3.03. The average molecular weight is 334 g/mol. The van der Waals surface area contributed by atoms with E-state index in [2.05, 4.69) is 0 Å². The highest BCUT2D eigenvalue weighted by Gasteiger charge is 2.36. The van der Waals surface area contributed by atoms with Gasteiger partial charge < -0.3 is 34.3 Å². The normalized spacial score (nSPS) is 23.9. The highest BCUT2D eigenvalue weighted by Crippen LogP contribution is 2.34. The Balaban J connectivity index is 1.99. The van der Waals surface area contributed by atoms with Crippen LogP contribution in [0.5, 0.6) is 5.75 Å². The smallest absolute Gasteiger partial charge is 0.328 e. The third-order valence-corrected chi connectivity index (χ3v) is 3.48. The molecule has 0 radical (unpaired) electrons. The highest BCUT2D eigenvalue weighted by molar-refractivity contribution is 5.91. The number of hydrogen-bond donors (Lipinski definition) is 4. The summed E-state index contributed by atoms with van der Waals surface area (Å²) in [6, 6.07) is 4.84. The minimum Gasteiger partial charge on any atom is -0.506 e. The molecule has 3 rings (SSSR count). The van der Waals surface area contributed by atoms with E-state index >= 15 is 0 Å². The Hall–Kier alpha value is -2.97. The van der Waals surface area contributed by atoms with Crippen LogP contribution in [0.1, 0.15) is 5.56 Å². The maximum Gasteiger partial charge on any atom is 0.328 e. The molecule has 0 amide bonds. The molecule has 1 aliphatic rings. The Morgan fingerprint density at radius 2 is 2.04 bits per heavy atom. The summed E-state index contributed by atoms with van der Waals surface area (Å²) >= 11 is 0. The molecule has 4 N–H and O–H groups in total. The monoisotopic (exact) mass is 334 g/mol. The van der Waals surface area contributed by atoms with Gasteiger partial charge in [-0.15, -0.1) is 0 Å². The Morgan fingerprint density at radius 3 is 2.79 bits per heavy atom. The van der Waals surface area contributed by atoms with E-state index < -0.39 is 30.2 Å². The third kappa shape index (κ3) is 2.92. The summed E-state index contributed by atoms with van der Waals surface area (Å²) in [5, 5.41) is 38.3. The molecule has 1 aromatic carbocycles. The first kappa shape index (κ1) is 15.9. The lowest BCUT2D eigenvalue weighted by molar-refractivity contribution is -0.163. The molecule has 0 saturated heterocycles. The number of aliphatic carboxylic acids is 1. The molecule has 8 nitrogen and oxygen atoms in total. The van der Waals surface area contributed by atoms with Crippen LogP contribution in [-0.2, 0) is 9.53 Å². The van der Waals surface area contributed by atoms with Crippen molar-refractivity contribution in [2.75, 3.05) is 0 Å². The maximum absolute atomic E-state index is 10.7. The Kier molecular flexibility index (Phi) is 4.15. The maximum atomic E-state index is 10.7. The van der Waals surface area contributed by atoms with Crippen LogP contribution in [0.3, 0.4) is 0 Å². The fourth-order valence-electron chi connectivity index (χ4n) is 2.28. The number of aliphatic hydroxyl groups is 3. The quantitative estimate of drug-likeness (QED) is 0.617. The van der Waals surface area contributed by atoms with Gasteiger partial charge in [-0.1, -0.05) is 0 Å². The molecule has 0 saturated carbocycles. The van der Waals surface area contributed by atoms with E-state index in [-0.39, 0.29) is 5.75 Å². The van der Waals surface area contributed by atoms with Gasteiger partial charge >= 0.3 is 5.97 Å². The predicted molar refractivity (Wildman–Crippen MR) is 81.1 cm³/mol. The topological polar surface area (TPSA) is 130 Å². The van der Waals surface area contributed by atoms with Gasteiger partial charge in [0.25, 0.3) is 6.29 Å². The molecule has 1 aliphatic heterocycles. The second-order valence-corrected chi connectivity index (χ2v) is 5.09. The largest absolute Gasteiger partial charge is 0.506 e. The number of rotatable bonds is 4. The zero-order valence-electron chi connectivity index (χ0n) is 12.2. The number of aliphatic hydroxyl groups excluding tert-OH is 3. The number of carboxylic acid groups (broad SMARTS) is 1. The zero-order chi connectivity index (χ0) is 17.3. The molecular formula is C16H14O8. The van der Waals surface area contributed by atoms with Crippen LogP contribution in [-0.4, -0.2) is 44.9 Å². The van der Waals surface area contributed by atoms with Crippen molar-refractivity contribution in [3.8, 4) is 5.75 Å². The summed E-state index contributed by atoms with van der Waals surface area (Å²) in [4.78, 5) is 10.7. The minimum atomic E-state index is -1.55. The molecule has 1 aromatic heterocycles. The van der Waals surface area contributed by atoms with Crippen molar-refractivity contribution in [3.05, 3.63) is 48.1 Å². The fourth-order valence-corrected chi connectivity index (χ4v) is 2.28. The number of benzene rings is 1. The minimum absolute atomic E-state index is 0.213. The molecule has 0 aliphatic carbocycles. The van der Waals surface area contributed by atoms with Crippen molar-refractivity contribution in [1.29, 1.82) is 0 Å². The van der Waals surface area contributed by atoms with Gasteiger partial charge in [0.15, 0.2) is 11.9 Å². The van der Waals surface area contributed by atoms with Crippen LogP contribution in [0.25, 0.3) is 17.0 Å². The molecule has 24 heavy (non-hydrogen) atoms. The standard InChI is InChI=1S/C16H14O8/c17-10-7-23-16(14(21)13(10)20)24-15-8(2-4-12(18)19)1-3-11-9(15)5-6-22-11/h1-7,13-14,16-17,20-21H,(H,18,19)/b4-2-. The van der Waals surface area contributed by atoms with E-state index in [1.54, 1.807) is 18.2 Å². The molecule has 2 aromatic rings. The van der Waals surface area contributed by atoms with E-state index in [4.69, 9.17) is 19.0 Å². The number of fused-ring (bicyclic) bond motifs is 1. The fraction of sp³-hybridized carbons (Fsp3) is 0.188. The van der Waals surface area contributed by atoms with Crippen molar-refractivity contribution < 1.29 is 39.1 Å². The predicted octanol–water partition coefficient (Wildman–Crippen LogP) is 1.39. The zero-order valence-corrected chi connectivity index (χ0v) is 12.2. The summed E-state index contributed by atoms with van der Waals surface area (Å²) in [6.45, 7) is 0. The van der Waals surface area contributed by atoms with Crippen LogP contribution in [0.15, 0.2) is 47.0 Å². The van der Waals surface area contributed by atoms with E-state index in [1.807, 2.05) is 0 Å². The summed E-state index contributed by atoms with van der Waals surface area (Å²) < 4.78 is 16.0. The Labute approximate surface area is 135 Å². The van der Waals surface area contributed by atoms with Gasteiger partial charge in [0, 0.05) is 11.6 Å². The van der Waals surface area contributed by atoms with Gasteiger partial charge in [-0.25, -0.2) is 4.79 Å². The van der Waals surface area contributed by atoms with Crippen LogP contribution >= 0.6 is 0 Å². The molecule has 126 valence electrons. The van der Waals surface area contributed by atoms with Crippen LogP contribution in [0.4, 0.5) is 0 Å². The Bertz CT molecular complexity index is 819. The molecular weight excluding hydrogens is 320 g/mol. The van der Waals surface area contributed by atoms with Gasteiger partial charge in [-0.2, -0.15) is 0 Å². The molecule has 2 heterocycles. The van der Waals surface area contributed by atoms with Crippen molar-refractivity contribution >= 4 is 23.0 Å². The molecule has 3 unspecified atom stereocenters. The van der Waals surface area contributed by atoms with E-state index in [0.717, 1.165) is 12.3 Å². The third-order valence-electron chi connectivity index (χ3n) is 3.48. The molecule has 3 atom stereocenters. The van der Waals surface area contributed by atoms with Crippen LogP contribution in [0, 0.1) is 0 Å². The molecule has 8 heteroatoms. The van der Waals surface area contributed by atoms with E-state index in [1.165, 1.54) is 12.3 Å². The SMILES string of the molecule is O=C(O)/C=C\c1ccc2occc2c1OC1OC=C(O)C(O)C1O. The van der Waals surface area contributed by atoms with E-state index in [0.29, 0.717) is 16.5 Å². The van der Waals surface area contributed by atoms with Crippen LogP contribution in [0.2, 0.25) is 0 Å². The van der Waals surface area contributed by atoms with Crippen molar-refractivity contribution in [1.82, 2.24) is 0 Å². The van der Waals surface area contributed by atoms with Gasteiger partial charge in [0.1, 0.15) is 23.7 Å².